The summed E-state index contributed by atoms with van der Waals surface area (Å²) in [6, 6.07) is 17.2. The zero-order chi connectivity index (χ0) is 18.7. The van der Waals surface area contributed by atoms with Crippen LogP contribution in [0.15, 0.2) is 60.3 Å². The van der Waals surface area contributed by atoms with Gasteiger partial charge in [-0.05, 0) is 18.6 Å². The number of likely N-dealkylation sites (N-methyl/N-ethyl adjacent to an activating group) is 2. The molecule has 5 heteroatoms. The number of ether oxygens (including phenoxy) is 1. The SMILES string of the molecule is CCN1C(=O)C(c2ccccc2OC)=C(N(C)Cc2ccccc2)C1=O. The number of carbonyl (C=O) groups is 2. The Kier molecular flexibility index (Phi) is 5.07. The molecule has 26 heavy (non-hydrogen) atoms. The van der Waals surface area contributed by atoms with E-state index in [0.29, 0.717) is 35.7 Å². The molecule has 2 aromatic rings. The van der Waals surface area contributed by atoms with Gasteiger partial charge in [-0.3, -0.25) is 14.5 Å². The van der Waals surface area contributed by atoms with Crippen molar-refractivity contribution >= 4 is 17.4 Å². The van der Waals surface area contributed by atoms with Crippen LogP contribution < -0.4 is 4.74 Å². The molecule has 0 radical (unpaired) electrons. The van der Waals surface area contributed by atoms with Gasteiger partial charge in [-0.2, -0.15) is 0 Å². The molecule has 1 aliphatic rings. The van der Waals surface area contributed by atoms with Crippen molar-refractivity contribution in [1.82, 2.24) is 9.80 Å². The Hall–Kier alpha value is -3.08. The molecular weight excluding hydrogens is 328 g/mol. The lowest BCUT2D eigenvalue weighted by Gasteiger charge is -2.21. The van der Waals surface area contributed by atoms with Gasteiger partial charge in [0, 0.05) is 25.7 Å². The van der Waals surface area contributed by atoms with Gasteiger partial charge in [0.2, 0.25) is 0 Å². The van der Waals surface area contributed by atoms with Crippen molar-refractivity contribution in [3.8, 4) is 5.75 Å². The quantitative estimate of drug-likeness (QED) is 0.752. The zero-order valence-electron chi connectivity index (χ0n) is 15.2. The highest BCUT2D eigenvalue weighted by Gasteiger charge is 2.40. The number of amides is 2. The average molecular weight is 350 g/mol. The van der Waals surface area contributed by atoms with Crippen molar-refractivity contribution in [2.75, 3.05) is 20.7 Å². The lowest BCUT2D eigenvalue weighted by molar-refractivity contribution is -0.137. The number of imide groups is 1. The maximum Gasteiger partial charge on any atom is 0.277 e. The van der Waals surface area contributed by atoms with Crippen LogP contribution in [0, 0.1) is 0 Å². The van der Waals surface area contributed by atoms with Gasteiger partial charge >= 0.3 is 0 Å². The van der Waals surface area contributed by atoms with E-state index in [1.807, 2.05) is 60.5 Å². The summed E-state index contributed by atoms with van der Waals surface area (Å²) in [5.74, 6) is 0.0287. The van der Waals surface area contributed by atoms with Crippen LogP contribution in [0.2, 0.25) is 0 Å². The van der Waals surface area contributed by atoms with Gasteiger partial charge in [-0.15, -0.1) is 0 Å². The largest absolute Gasteiger partial charge is 0.496 e. The smallest absolute Gasteiger partial charge is 0.277 e. The molecule has 134 valence electrons. The fourth-order valence-corrected chi connectivity index (χ4v) is 3.23. The van der Waals surface area contributed by atoms with Crippen molar-refractivity contribution in [3.63, 3.8) is 0 Å². The second-order valence-corrected chi connectivity index (χ2v) is 6.12. The summed E-state index contributed by atoms with van der Waals surface area (Å²) in [5, 5.41) is 0. The van der Waals surface area contributed by atoms with Crippen molar-refractivity contribution in [1.29, 1.82) is 0 Å². The molecule has 5 nitrogen and oxygen atoms in total. The summed E-state index contributed by atoms with van der Waals surface area (Å²) in [6.45, 7) is 2.67. The number of nitrogens with zero attached hydrogens (tertiary/aromatic N) is 2. The molecule has 1 aliphatic heterocycles. The Balaban J connectivity index is 2.10. The van der Waals surface area contributed by atoms with E-state index in [9.17, 15) is 9.59 Å². The van der Waals surface area contributed by atoms with E-state index < -0.39 is 0 Å². The molecule has 0 N–H and O–H groups in total. The van der Waals surface area contributed by atoms with Crippen LogP contribution in [0.5, 0.6) is 5.75 Å². The number of benzene rings is 2. The normalized spacial score (nSPS) is 14.2. The van der Waals surface area contributed by atoms with Crippen molar-refractivity contribution in [3.05, 3.63) is 71.4 Å². The minimum atomic E-state index is -0.281. The van der Waals surface area contributed by atoms with Crippen molar-refractivity contribution in [2.24, 2.45) is 0 Å². The first-order valence-corrected chi connectivity index (χ1v) is 8.57. The third-order valence-corrected chi connectivity index (χ3v) is 4.48. The molecule has 1 heterocycles. The van der Waals surface area contributed by atoms with E-state index >= 15 is 0 Å². The predicted molar refractivity (Wildman–Crippen MR) is 100 cm³/mol. The molecule has 0 aliphatic carbocycles. The zero-order valence-corrected chi connectivity index (χ0v) is 15.2. The molecule has 0 bridgehead atoms. The Bertz CT molecular complexity index is 859. The number of hydrogen-bond donors (Lipinski definition) is 0. The Morgan fingerprint density at radius 2 is 1.62 bits per heavy atom. The molecule has 0 aromatic heterocycles. The number of methoxy groups -OCH3 is 1. The van der Waals surface area contributed by atoms with Crippen LogP contribution in [0.25, 0.3) is 5.57 Å². The second-order valence-electron chi connectivity index (χ2n) is 6.12. The number of hydrogen-bond acceptors (Lipinski definition) is 4. The lowest BCUT2D eigenvalue weighted by Crippen LogP contribution is -2.33. The first kappa shape index (κ1) is 17.7. The fourth-order valence-electron chi connectivity index (χ4n) is 3.23. The van der Waals surface area contributed by atoms with Gasteiger partial charge in [0.05, 0.1) is 12.7 Å². The highest BCUT2D eigenvalue weighted by atomic mass is 16.5. The summed E-state index contributed by atoms with van der Waals surface area (Å²) in [5.41, 5.74) is 2.51. The molecule has 0 saturated heterocycles. The standard InChI is InChI=1S/C21H22N2O3/c1-4-23-20(24)18(16-12-8-9-13-17(16)26-3)19(21(23)25)22(2)14-15-10-6-5-7-11-15/h5-13H,4,14H2,1-3H3. The summed E-state index contributed by atoms with van der Waals surface area (Å²) < 4.78 is 5.42. The molecule has 3 rings (SSSR count). The van der Waals surface area contributed by atoms with Crippen molar-refractivity contribution < 1.29 is 14.3 Å². The van der Waals surface area contributed by atoms with E-state index in [4.69, 9.17) is 4.74 Å². The summed E-state index contributed by atoms with van der Waals surface area (Å²) in [6.07, 6.45) is 0. The van der Waals surface area contributed by atoms with Gasteiger partial charge < -0.3 is 9.64 Å². The van der Waals surface area contributed by atoms with Crippen LogP contribution in [0.3, 0.4) is 0 Å². The minimum absolute atomic E-state index is 0.267. The molecule has 0 unspecified atom stereocenters. The number of para-hydroxylation sites is 1. The van der Waals surface area contributed by atoms with E-state index in [1.165, 1.54) is 4.90 Å². The molecule has 0 atom stereocenters. The van der Waals surface area contributed by atoms with Crippen LogP contribution in [-0.4, -0.2) is 42.3 Å². The van der Waals surface area contributed by atoms with Crippen LogP contribution >= 0.6 is 0 Å². The van der Waals surface area contributed by atoms with Gasteiger partial charge in [0.25, 0.3) is 11.8 Å². The lowest BCUT2D eigenvalue weighted by atomic mass is 10.0. The molecule has 0 spiro atoms. The highest BCUT2D eigenvalue weighted by Crippen LogP contribution is 2.35. The topological polar surface area (TPSA) is 49.9 Å². The van der Waals surface area contributed by atoms with Crippen LogP contribution in [0.4, 0.5) is 0 Å². The minimum Gasteiger partial charge on any atom is -0.496 e. The third-order valence-electron chi connectivity index (χ3n) is 4.48. The first-order valence-electron chi connectivity index (χ1n) is 8.57. The van der Waals surface area contributed by atoms with Crippen molar-refractivity contribution in [2.45, 2.75) is 13.5 Å². The van der Waals surface area contributed by atoms with Gasteiger partial charge in [0.15, 0.2) is 0 Å². The third kappa shape index (κ3) is 3.08. The molecular formula is C21H22N2O3. The first-order chi connectivity index (χ1) is 12.6. The van der Waals surface area contributed by atoms with Crippen LogP contribution in [0.1, 0.15) is 18.1 Å². The summed E-state index contributed by atoms with van der Waals surface area (Å²) in [7, 11) is 3.40. The average Bonchev–Trinajstić information content (AvgIpc) is 2.92. The Morgan fingerprint density at radius 3 is 2.27 bits per heavy atom. The highest BCUT2D eigenvalue weighted by molar-refractivity contribution is 6.35. The Labute approximate surface area is 153 Å². The predicted octanol–water partition coefficient (Wildman–Crippen LogP) is 2.93. The van der Waals surface area contributed by atoms with E-state index in [1.54, 1.807) is 20.1 Å². The Morgan fingerprint density at radius 1 is 0.962 bits per heavy atom. The monoisotopic (exact) mass is 350 g/mol. The molecule has 2 amide bonds. The van der Waals surface area contributed by atoms with Gasteiger partial charge in [-0.1, -0.05) is 48.5 Å². The fraction of sp³-hybridized carbons (Fsp3) is 0.238. The summed E-state index contributed by atoms with van der Waals surface area (Å²) in [4.78, 5) is 29.0. The van der Waals surface area contributed by atoms with E-state index in [-0.39, 0.29) is 11.8 Å². The molecule has 0 fully saturated rings. The summed E-state index contributed by atoms with van der Waals surface area (Å²) >= 11 is 0. The molecule has 2 aromatic carbocycles. The van der Waals surface area contributed by atoms with E-state index in [2.05, 4.69) is 0 Å². The maximum atomic E-state index is 12.9. The number of carbonyl (C=O) groups excluding carboxylic acids is 2. The number of rotatable bonds is 6. The van der Waals surface area contributed by atoms with Crippen LogP contribution in [-0.2, 0) is 16.1 Å². The maximum absolute atomic E-state index is 12.9. The molecule has 0 saturated carbocycles. The second kappa shape index (κ2) is 7.44. The van der Waals surface area contributed by atoms with E-state index in [0.717, 1.165) is 5.56 Å². The van der Waals surface area contributed by atoms with Gasteiger partial charge in [0.1, 0.15) is 11.4 Å². The van der Waals surface area contributed by atoms with Gasteiger partial charge in [-0.25, -0.2) is 0 Å².